The second kappa shape index (κ2) is 8.73. The number of aryl methyl sites for hydroxylation is 1. The Kier molecular flexibility index (Phi) is 6.13. The number of hydrogen-bond acceptors (Lipinski definition) is 6. The van der Waals surface area contributed by atoms with Crippen molar-refractivity contribution in [1.82, 2.24) is 14.8 Å². The maximum atomic E-state index is 12.5. The first-order valence-corrected chi connectivity index (χ1v) is 9.60. The van der Waals surface area contributed by atoms with Gasteiger partial charge < -0.3 is 9.15 Å². The summed E-state index contributed by atoms with van der Waals surface area (Å²) in [5.41, 5.74) is 1.53. The topological polar surface area (TPSA) is 70.2 Å². The molecule has 0 spiro atoms. The van der Waals surface area contributed by atoms with E-state index in [1.807, 2.05) is 24.5 Å². The van der Waals surface area contributed by atoms with Gasteiger partial charge in [-0.3, -0.25) is 9.36 Å². The normalized spacial score (nSPS) is 10.7. The van der Waals surface area contributed by atoms with Crippen molar-refractivity contribution in [2.24, 2.45) is 0 Å². The fraction of sp³-hybridized carbons (Fsp3) is 0.250. The molecule has 3 rings (SSSR count). The van der Waals surface area contributed by atoms with Crippen LogP contribution in [0.1, 0.15) is 23.0 Å². The van der Waals surface area contributed by atoms with Crippen molar-refractivity contribution >= 4 is 17.5 Å². The van der Waals surface area contributed by atoms with Gasteiger partial charge in [0, 0.05) is 12.1 Å². The SMILES string of the molecule is C=CCn1c(SCC(=O)c2ccc(OCC)cc2)nnc1-c1ccoc1C. The van der Waals surface area contributed by atoms with E-state index in [9.17, 15) is 4.79 Å². The Morgan fingerprint density at radius 3 is 2.70 bits per heavy atom. The summed E-state index contributed by atoms with van der Waals surface area (Å²) in [5.74, 6) is 2.53. The monoisotopic (exact) mass is 383 g/mol. The van der Waals surface area contributed by atoms with Crippen molar-refractivity contribution < 1.29 is 13.9 Å². The molecule has 7 heteroatoms. The van der Waals surface area contributed by atoms with E-state index >= 15 is 0 Å². The summed E-state index contributed by atoms with van der Waals surface area (Å²) in [5, 5.41) is 9.20. The van der Waals surface area contributed by atoms with Crippen molar-refractivity contribution in [2.75, 3.05) is 12.4 Å². The summed E-state index contributed by atoms with van der Waals surface area (Å²) in [7, 11) is 0. The first kappa shape index (κ1) is 19.0. The van der Waals surface area contributed by atoms with Gasteiger partial charge in [0.15, 0.2) is 16.8 Å². The third-order valence-electron chi connectivity index (χ3n) is 3.95. The Morgan fingerprint density at radius 1 is 1.30 bits per heavy atom. The second-order valence-electron chi connectivity index (χ2n) is 5.77. The number of nitrogens with zero attached hydrogens (tertiary/aromatic N) is 3. The number of ether oxygens (including phenoxy) is 1. The smallest absolute Gasteiger partial charge is 0.192 e. The average molecular weight is 383 g/mol. The number of ketones is 1. The van der Waals surface area contributed by atoms with E-state index in [4.69, 9.17) is 9.15 Å². The van der Waals surface area contributed by atoms with Crippen LogP contribution in [0.15, 0.2) is 58.8 Å². The maximum absolute atomic E-state index is 12.5. The van der Waals surface area contributed by atoms with Crippen LogP contribution in [0.4, 0.5) is 0 Å². The van der Waals surface area contributed by atoms with Crippen molar-refractivity contribution in [3.8, 4) is 17.1 Å². The lowest BCUT2D eigenvalue weighted by molar-refractivity contribution is 0.102. The molecule has 0 unspecified atom stereocenters. The molecule has 0 saturated carbocycles. The first-order valence-electron chi connectivity index (χ1n) is 8.61. The van der Waals surface area contributed by atoms with Crippen LogP contribution in [0, 0.1) is 6.92 Å². The Morgan fingerprint density at radius 2 is 2.07 bits per heavy atom. The van der Waals surface area contributed by atoms with Crippen LogP contribution in [-0.2, 0) is 6.54 Å². The van der Waals surface area contributed by atoms with Crippen LogP contribution in [0.3, 0.4) is 0 Å². The third kappa shape index (κ3) is 4.31. The van der Waals surface area contributed by atoms with Crippen molar-refractivity contribution in [3.63, 3.8) is 0 Å². The molecule has 2 heterocycles. The molecular weight excluding hydrogens is 362 g/mol. The number of furan rings is 1. The highest BCUT2D eigenvalue weighted by Crippen LogP contribution is 2.27. The van der Waals surface area contributed by atoms with Crippen molar-refractivity contribution in [2.45, 2.75) is 25.5 Å². The largest absolute Gasteiger partial charge is 0.494 e. The van der Waals surface area contributed by atoms with Crippen LogP contribution in [0.2, 0.25) is 0 Å². The standard InChI is InChI=1S/C20H21N3O3S/c1-4-11-23-19(17-10-12-26-14(17)3)21-22-20(23)27-13-18(24)15-6-8-16(9-7-15)25-5-2/h4,6-10,12H,1,5,11,13H2,2-3H3. The Hall–Kier alpha value is -2.80. The molecule has 0 aliphatic carbocycles. The molecule has 0 aliphatic rings. The van der Waals surface area contributed by atoms with Crippen LogP contribution in [-0.4, -0.2) is 32.9 Å². The van der Waals surface area contributed by atoms with E-state index in [-0.39, 0.29) is 11.5 Å². The zero-order valence-electron chi connectivity index (χ0n) is 15.3. The number of hydrogen-bond donors (Lipinski definition) is 0. The first-order chi connectivity index (χ1) is 13.1. The van der Waals surface area contributed by atoms with Crippen LogP contribution >= 0.6 is 11.8 Å². The maximum Gasteiger partial charge on any atom is 0.192 e. The predicted octanol–water partition coefficient (Wildman–Crippen LogP) is 4.41. The van der Waals surface area contributed by atoms with E-state index in [1.165, 1.54) is 11.8 Å². The van der Waals surface area contributed by atoms with Gasteiger partial charge in [-0.2, -0.15) is 0 Å². The molecule has 6 nitrogen and oxygen atoms in total. The lowest BCUT2D eigenvalue weighted by atomic mass is 10.1. The van der Waals surface area contributed by atoms with Crippen LogP contribution in [0.5, 0.6) is 5.75 Å². The highest BCUT2D eigenvalue weighted by atomic mass is 32.2. The molecule has 3 aromatic rings. The molecule has 0 N–H and O–H groups in total. The number of benzene rings is 1. The van der Waals surface area contributed by atoms with Crippen LogP contribution in [0.25, 0.3) is 11.4 Å². The van der Waals surface area contributed by atoms with Gasteiger partial charge in [-0.05, 0) is 44.2 Å². The van der Waals surface area contributed by atoms with Gasteiger partial charge in [-0.15, -0.1) is 16.8 Å². The Bertz CT molecular complexity index is 928. The molecule has 0 amide bonds. The number of carbonyl (C=O) groups excluding carboxylic acids is 1. The molecule has 0 radical (unpaired) electrons. The summed E-state index contributed by atoms with van der Waals surface area (Å²) < 4.78 is 12.7. The van der Waals surface area contributed by atoms with E-state index < -0.39 is 0 Å². The molecule has 0 fully saturated rings. The average Bonchev–Trinajstić information content (AvgIpc) is 3.27. The lowest BCUT2D eigenvalue weighted by Gasteiger charge is -2.07. The van der Waals surface area contributed by atoms with E-state index in [0.717, 1.165) is 17.1 Å². The minimum absolute atomic E-state index is 0.0252. The molecule has 140 valence electrons. The number of aromatic nitrogens is 3. The Balaban J connectivity index is 1.74. The highest BCUT2D eigenvalue weighted by molar-refractivity contribution is 7.99. The molecule has 0 aliphatic heterocycles. The minimum Gasteiger partial charge on any atom is -0.494 e. The summed E-state index contributed by atoms with van der Waals surface area (Å²) in [6.45, 7) is 8.75. The molecule has 0 atom stereocenters. The van der Waals surface area contributed by atoms with E-state index in [1.54, 1.807) is 36.6 Å². The molecule has 0 bridgehead atoms. The van der Waals surface area contributed by atoms with Crippen molar-refractivity contribution in [3.05, 3.63) is 60.6 Å². The minimum atomic E-state index is 0.0252. The fourth-order valence-electron chi connectivity index (χ4n) is 2.62. The summed E-state index contributed by atoms with van der Waals surface area (Å²) in [6, 6.07) is 9.03. The number of carbonyl (C=O) groups is 1. The lowest BCUT2D eigenvalue weighted by Crippen LogP contribution is -2.05. The third-order valence-corrected chi connectivity index (χ3v) is 4.91. The van der Waals surface area contributed by atoms with Gasteiger partial charge in [0.1, 0.15) is 11.5 Å². The number of rotatable bonds is 9. The van der Waals surface area contributed by atoms with Crippen molar-refractivity contribution in [1.29, 1.82) is 0 Å². The quantitative estimate of drug-likeness (QED) is 0.310. The number of thioether (sulfide) groups is 1. The second-order valence-corrected chi connectivity index (χ2v) is 6.71. The van der Waals surface area contributed by atoms with E-state index in [0.29, 0.717) is 29.7 Å². The molecule has 0 saturated heterocycles. The predicted molar refractivity (Wildman–Crippen MR) is 105 cm³/mol. The van der Waals surface area contributed by atoms with Gasteiger partial charge in [0.25, 0.3) is 0 Å². The summed E-state index contributed by atoms with van der Waals surface area (Å²) in [6.07, 6.45) is 3.40. The van der Waals surface area contributed by atoms with E-state index in [2.05, 4.69) is 16.8 Å². The molecular formula is C20H21N3O3S. The van der Waals surface area contributed by atoms with Gasteiger partial charge >= 0.3 is 0 Å². The summed E-state index contributed by atoms with van der Waals surface area (Å²) in [4.78, 5) is 12.5. The molecule has 27 heavy (non-hydrogen) atoms. The summed E-state index contributed by atoms with van der Waals surface area (Å²) >= 11 is 1.36. The number of allylic oxidation sites excluding steroid dienone is 1. The van der Waals surface area contributed by atoms with Crippen LogP contribution < -0.4 is 4.74 Å². The van der Waals surface area contributed by atoms with Gasteiger partial charge in [0.2, 0.25) is 0 Å². The molecule has 2 aromatic heterocycles. The van der Waals surface area contributed by atoms with Gasteiger partial charge in [0.05, 0.1) is 24.2 Å². The zero-order chi connectivity index (χ0) is 19.2. The van der Waals surface area contributed by atoms with Gasteiger partial charge in [-0.1, -0.05) is 17.8 Å². The number of Topliss-reactive ketones (excluding diaryl/α,β-unsaturated/α-hetero) is 1. The highest BCUT2D eigenvalue weighted by Gasteiger charge is 2.18. The Labute approximate surface area is 162 Å². The fourth-order valence-corrected chi connectivity index (χ4v) is 3.46. The van der Waals surface area contributed by atoms with Gasteiger partial charge in [-0.25, -0.2) is 0 Å². The zero-order valence-corrected chi connectivity index (χ0v) is 16.2. The molecule has 1 aromatic carbocycles.